The largest absolute Gasteiger partial charge is 0.444 e. The van der Waals surface area contributed by atoms with Crippen LogP contribution in [0.3, 0.4) is 0 Å². The van der Waals surface area contributed by atoms with Crippen molar-refractivity contribution in [3.8, 4) is 0 Å². The first-order valence-corrected chi connectivity index (χ1v) is 8.23. The monoisotopic (exact) mass is 330 g/mol. The molecule has 0 saturated heterocycles. The normalized spacial score (nSPS) is 12.5. The predicted octanol–water partition coefficient (Wildman–Crippen LogP) is 4.14. The maximum atomic E-state index is 12.1. The van der Waals surface area contributed by atoms with Crippen LogP contribution in [0.4, 0.5) is 4.79 Å². The van der Waals surface area contributed by atoms with Gasteiger partial charge >= 0.3 is 6.09 Å². The van der Waals surface area contributed by atoms with Crippen molar-refractivity contribution in [2.24, 2.45) is 0 Å². The van der Waals surface area contributed by atoms with Gasteiger partial charge in [-0.1, -0.05) is 48.6 Å². The Bertz CT molecular complexity index is 547. The van der Waals surface area contributed by atoms with Crippen molar-refractivity contribution in [2.45, 2.75) is 45.9 Å². The summed E-state index contributed by atoms with van der Waals surface area (Å²) in [5.41, 5.74) is 1.59. The first kappa shape index (κ1) is 20.0. The fraction of sp³-hybridized carbons (Fsp3) is 0.450. The van der Waals surface area contributed by atoms with E-state index in [1.165, 1.54) is 5.56 Å². The van der Waals surface area contributed by atoms with Gasteiger partial charge in [0, 0.05) is 19.6 Å². The number of alkyl carbamates (subject to hydrolysis) is 1. The van der Waals surface area contributed by atoms with Gasteiger partial charge in [-0.15, -0.1) is 6.58 Å². The summed E-state index contributed by atoms with van der Waals surface area (Å²) in [6.45, 7) is 17.5. The minimum atomic E-state index is -0.519. The van der Waals surface area contributed by atoms with Crippen LogP contribution in [0, 0.1) is 0 Å². The fourth-order valence-electron chi connectivity index (χ4n) is 2.26. The van der Waals surface area contributed by atoms with Crippen LogP contribution in [0.15, 0.2) is 55.1 Å². The summed E-state index contributed by atoms with van der Waals surface area (Å²) in [7, 11) is 0. The van der Waals surface area contributed by atoms with Crippen molar-refractivity contribution in [2.75, 3.05) is 13.1 Å². The lowest BCUT2D eigenvalue weighted by atomic mass is 10.1. The van der Waals surface area contributed by atoms with E-state index >= 15 is 0 Å². The molecule has 0 saturated carbocycles. The number of ether oxygens (including phenoxy) is 1. The molecule has 132 valence electrons. The van der Waals surface area contributed by atoms with Gasteiger partial charge in [-0.3, -0.25) is 4.90 Å². The molecule has 0 aliphatic rings. The molecule has 1 rings (SSSR count). The summed E-state index contributed by atoms with van der Waals surface area (Å²) in [6, 6.07) is 10.1. The second kappa shape index (κ2) is 9.28. The summed E-state index contributed by atoms with van der Waals surface area (Å²) in [5.74, 6) is 0. The van der Waals surface area contributed by atoms with Crippen molar-refractivity contribution in [1.29, 1.82) is 0 Å². The van der Waals surface area contributed by atoms with Gasteiger partial charge in [0.15, 0.2) is 0 Å². The number of carbonyl (C=O) groups is 1. The summed E-state index contributed by atoms with van der Waals surface area (Å²) in [5, 5.41) is 2.91. The van der Waals surface area contributed by atoms with Gasteiger partial charge in [0.1, 0.15) is 5.60 Å². The number of carbonyl (C=O) groups excluding carboxylic acids is 1. The van der Waals surface area contributed by atoms with Crippen molar-refractivity contribution >= 4 is 6.09 Å². The average molecular weight is 330 g/mol. The SMILES string of the molecule is C=CCN(Cc1ccccc1)C[C@H](NC(=O)OC(C)(C)C)C(=C)C. The van der Waals surface area contributed by atoms with Gasteiger partial charge in [0.2, 0.25) is 0 Å². The molecule has 0 spiro atoms. The smallest absolute Gasteiger partial charge is 0.408 e. The molecule has 1 aromatic rings. The molecule has 0 aliphatic carbocycles. The van der Waals surface area contributed by atoms with E-state index in [1.807, 2.05) is 52.0 Å². The lowest BCUT2D eigenvalue weighted by molar-refractivity contribution is 0.0502. The Morgan fingerprint density at radius 3 is 2.46 bits per heavy atom. The zero-order chi connectivity index (χ0) is 18.2. The summed E-state index contributed by atoms with van der Waals surface area (Å²) in [4.78, 5) is 14.3. The molecular weight excluding hydrogens is 300 g/mol. The van der Waals surface area contributed by atoms with Gasteiger partial charge < -0.3 is 10.1 Å². The predicted molar refractivity (Wildman–Crippen MR) is 99.9 cm³/mol. The molecule has 0 bridgehead atoms. The second-order valence-corrected chi connectivity index (χ2v) is 7.01. The van der Waals surface area contributed by atoms with Crippen LogP contribution < -0.4 is 5.32 Å². The molecule has 1 N–H and O–H groups in total. The third-order valence-electron chi connectivity index (χ3n) is 3.36. The van der Waals surface area contributed by atoms with E-state index in [9.17, 15) is 4.79 Å². The summed E-state index contributed by atoms with van der Waals surface area (Å²) >= 11 is 0. The van der Waals surface area contributed by atoms with E-state index in [4.69, 9.17) is 4.74 Å². The molecule has 0 radical (unpaired) electrons. The second-order valence-electron chi connectivity index (χ2n) is 7.01. The summed E-state index contributed by atoms with van der Waals surface area (Å²) < 4.78 is 5.35. The van der Waals surface area contributed by atoms with E-state index in [0.717, 1.165) is 18.7 Å². The van der Waals surface area contributed by atoms with Gasteiger partial charge in [-0.05, 0) is 33.3 Å². The number of hydrogen-bond donors (Lipinski definition) is 1. The van der Waals surface area contributed by atoms with Crippen LogP contribution in [0.2, 0.25) is 0 Å². The van der Waals surface area contributed by atoms with Crippen molar-refractivity contribution < 1.29 is 9.53 Å². The Kier molecular flexibility index (Phi) is 7.72. The topological polar surface area (TPSA) is 41.6 Å². The summed E-state index contributed by atoms with van der Waals surface area (Å²) in [6.07, 6.45) is 1.44. The molecule has 0 unspecified atom stereocenters. The van der Waals surface area contributed by atoms with E-state index in [1.54, 1.807) is 0 Å². The zero-order valence-corrected chi connectivity index (χ0v) is 15.3. The van der Waals surface area contributed by atoms with Crippen molar-refractivity contribution in [3.05, 3.63) is 60.7 Å². The van der Waals surface area contributed by atoms with Crippen LogP contribution in [0.5, 0.6) is 0 Å². The molecule has 0 heterocycles. The third-order valence-corrected chi connectivity index (χ3v) is 3.36. The van der Waals surface area contributed by atoms with E-state index < -0.39 is 11.7 Å². The molecule has 1 aromatic carbocycles. The van der Waals surface area contributed by atoms with E-state index in [2.05, 4.69) is 35.5 Å². The van der Waals surface area contributed by atoms with Crippen LogP contribution in [0.1, 0.15) is 33.3 Å². The number of nitrogens with zero attached hydrogens (tertiary/aromatic N) is 1. The van der Waals surface area contributed by atoms with Crippen LogP contribution in [-0.4, -0.2) is 35.7 Å². The van der Waals surface area contributed by atoms with Crippen LogP contribution in [-0.2, 0) is 11.3 Å². The van der Waals surface area contributed by atoms with Crippen LogP contribution >= 0.6 is 0 Å². The average Bonchev–Trinajstić information content (AvgIpc) is 2.45. The van der Waals surface area contributed by atoms with Crippen molar-refractivity contribution in [3.63, 3.8) is 0 Å². The lowest BCUT2D eigenvalue weighted by Gasteiger charge is -2.29. The quantitative estimate of drug-likeness (QED) is 0.728. The fourth-order valence-corrected chi connectivity index (χ4v) is 2.26. The number of nitrogens with one attached hydrogen (secondary N) is 1. The molecule has 4 heteroatoms. The maximum Gasteiger partial charge on any atom is 0.408 e. The number of benzene rings is 1. The molecule has 24 heavy (non-hydrogen) atoms. The van der Waals surface area contributed by atoms with Gasteiger partial charge in [-0.25, -0.2) is 4.79 Å². The van der Waals surface area contributed by atoms with E-state index in [-0.39, 0.29) is 6.04 Å². The Hall–Kier alpha value is -2.07. The zero-order valence-electron chi connectivity index (χ0n) is 15.3. The minimum Gasteiger partial charge on any atom is -0.444 e. The number of hydrogen-bond acceptors (Lipinski definition) is 3. The Morgan fingerprint density at radius 1 is 1.33 bits per heavy atom. The maximum absolute atomic E-state index is 12.1. The Labute approximate surface area is 146 Å². The Balaban J connectivity index is 2.73. The lowest BCUT2D eigenvalue weighted by Crippen LogP contribution is -2.46. The molecule has 0 aromatic heterocycles. The molecule has 0 fully saturated rings. The highest BCUT2D eigenvalue weighted by atomic mass is 16.6. The van der Waals surface area contributed by atoms with Gasteiger partial charge in [-0.2, -0.15) is 0 Å². The molecule has 4 nitrogen and oxygen atoms in total. The Morgan fingerprint density at radius 2 is 1.96 bits per heavy atom. The number of amides is 1. The molecular formula is C20H30N2O2. The highest BCUT2D eigenvalue weighted by Crippen LogP contribution is 2.11. The number of rotatable bonds is 8. The standard InChI is InChI=1S/C20H30N2O2/c1-7-13-22(14-17-11-9-8-10-12-17)15-18(16(2)3)21-19(23)24-20(4,5)6/h7-12,18H,1-2,13-15H2,3-6H3,(H,21,23)/t18-/m0/s1. The van der Waals surface area contributed by atoms with Crippen molar-refractivity contribution in [1.82, 2.24) is 10.2 Å². The minimum absolute atomic E-state index is 0.177. The van der Waals surface area contributed by atoms with Crippen LogP contribution in [0.25, 0.3) is 0 Å². The third kappa shape index (κ3) is 7.97. The molecule has 0 aliphatic heterocycles. The first-order chi connectivity index (χ1) is 11.2. The van der Waals surface area contributed by atoms with Gasteiger partial charge in [0.25, 0.3) is 0 Å². The first-order valence-electron chi connectivity index (χ1n) is 8.23. The molecule has 1 amide bonds. The highest BCUT2D eigenvalue weighted by molar-refractivity contribution is 5.68. The van der Waals surface area contributed by atoms with Gasteiger partial charge in [0.05, 0.1) is 6.04 Å². The highest BCUT2D eigenvalue weighted by Gasteiger charge is 2.21. The van der Waals surface area contributed by atoms with E-state index in [0.29, 0.717) is 6.54 Å². The molecule has 1 atom stereocenters.